The molecule has 0 amide bonds. The van der Waals surface area contributed by atoms with Crippen LogP contribution in [0.15, 0.2) is 23.0 Å². The van der Waals surface area contributed by atoms with E-state index in [9.17, 15) is 18.0 Å². The van der Waals surface area contributed by atoms with Crippen molar-refractivity contribution >= 4 is 16.6 Å². The molecule has 0 unspecified atom stereocenters. The average molecular weight is 304 g/mol. The molecule has 0 saturated carbocycles. The Morgan fingerprint density at radius 1 is 1.32 bits per heavy atom. The van der Waals surface area contributed by atoms with Gasteiger partial charge in [-0.2, -0.15) is 13.2 Å². The van der Waals surface area contributed by atoms with Crippen LogP contribution < -0.4 is 39.0 Å². The maximum absolute atomic E-state index is 13.1. The van der Waals surface area contributed by atoms with Gasteiger partial charge in [0.15, 0.2) is 0 Å². The van der Waals surface area contributed by atoms with Gasteiger partial charge in [-0.25, -0.2) is 0 Å². The van der Waals surface area contributed by atoms with Crippen LogP contribution in [0.5, 0.6) is 5.75 Å². The molecule has 0 spiro atoms. The molecular formula is C14H12F3LiN2O2. The third-order valence-corrected chi connectivity index (χ3v) is 3.51. The largest absolute Gasteiger partial charge is 1.00 e. The summed E-state index contributed by atoms with van der Waals surface area (Å²) in [6.45, 7) is 3.65. The average Bonchev–Trinajstić information content (AvgIpc) is 2.42. The normalized spacial score (nSPS) is 14.3. The molecule has 2 heterocycles. The van der Waals surface area contributed by atoms with E-state index in [-0.39, 0.29) is 29.8 Å². The van der Waals surface area contributed by atoms with Gasteiger partial charge in [0.25, 0.3) is 0 Å². The summed E-state index contributed by atoms with van der Waals surface area (Å²) in [5.74, 6) is 0.460. The van der Waals surface area contributed by atoms with Gasteiger partial charge in [-0.15, -0.1) is 5.52 Å². The summed E-state index contributed by atoms with van der Waals surface area (Å²) in [6, 6.07) is 3.35. The molecule has 1 aromatic heterocycles. The molecule has 3 rings (SSSR count). The standard InChI is InChI=1S/C14H13F3N2O2.Li/c1-2-19-3-4-21-12-7-10-8(5-11(12)19)9(14(15,16)17)6-13(20)18-10;/h5-7H,2-4H2,1H3,(H,18,20);/q;+1/p-1. The Hall–Kier alpha value is -1.58. The number of benzene rings is 1. The van der Waals surface area contributed by atoms with Crippen molar-refractivity contribution in [3.05, 3.63) is 34.1 Å². The monoisotopic (exact) mass is 304 g/mol. The number of pyridine rings is 1. The number of hydrogen-bond acceptors (Lipinski definition) is 3. The number of hydrogen-bond donors (Lipinski definition) is 0. The van der Waals surface area contributed by atoms with E-state index in [1.165, 1.54) is 12.1 Å². The Kier molecular flexibility index (Phi) is 4.50. The van der Waals surface area contributed by atoms with Crippen LogP contribution in [0.1, 0.15) is 12.5 Å². The molecule has 1 aliphatic heterocycles. The zero-order chi connectivity index (χ0) is 15.2. The van der Waals surface area contributed by atoms with E-state index < -0.39 is 17.3 Å². The van der Waals surface area contributed by atoms with Crippen molar-refractivity contribution in [1.29, 1.82) is 0 Å². The van der Waals surface area contributed by atoms with Crippen molar-refractivity contribution in [2.24, 2.45) is 0 Å². The number of ether oxygens (including phenoxy) is 1. The molecule has 0 atom stereocenters. The van der Waals surface area contributed by atoms with Gasteiger partial charge < -0.3 is 19.4 Å². The molecule has 0 radical (unpaired) electrons. The number of rotatable bonds is 1. The minimum atomic E-state index is -4.60. The van der Waals surface area contributed by atoms with E-state index >= 15 is 0 Å². The Labute approximate surface area is 136 Å². The molecule has 8 heteroatoms. The van der Waals surface area contributed by atoms with Crippen LogP contribution in [0.3, 0.4) is 0 Å². The number of likely N-dealkylation sites (N-methyl/N-ethyl adjacent to an activating group) is 1. The maximum atomic E-state index is 13.1. The number of fused-ring (bicyclic) bond motifs is 2. The molecule has 112 valence electrons. The summed E-state index contributed by atoms with van der Waals surface area (Å²) in [6.07, 6.45) is -4.60. The van der Waals surface area contributed by atoms with Gasteiger partial charge in [0.2, 0.25) is 0 Å². The van der Waals surface area contributed by atoms with Gasteiger partial charge in [-0.1, -0.05) is 0 Å². The fourth-order valence-electron chi connectivity index (χ4n) is 2.53. The van der Waals surface area contributed by atoms with E-state index in [2.05, 4.69) is 4.98 Å². The van der Waals surface area contributed by atoms with Gasteiger partial charge in [0.05, 0.1) is 23.4 Å². The van der Waals surface area contributed by atoms with Crippen LogP contribution in [0, 0.1) is 0 Å². The molecule has 1 aliphatic rings. The predicted molar refractivity (Wildman–Crippen MR) is 71.9 cm³/mol. The molecule has 0 fully saturated rings. The van der Waals surface area contributed by atoms with Crippen molar-refractivity contribution in [3.8, 4) is 5.75 Å². The molecule has 1 aromatic carbocycles. The summed E-state index contributed by atoms with van der Waals surface area (Å²) >= 11 is 0. The predicted octanol–water partition coefficient (Wildman–Crippen LogP) is -0.601. The fraction of sp³-hybridized carbons (Fsp3) is 0.357. The summed E-state index contributed by atoms with van der Waals surface area (Å²) in [5, 5.41) is -0.0789. The first kappa shape index (κ1) is 16.8. The van der Waals surface area contributed by atoms with Crippen molar-refractivity contribution < 1.29 is 36.8 Å². The molecule has 0 saturated heterocycles. The zero-order valence-electron chi connectivity index (χ0n) is 12.2. The van der Waals surface area contributed by atoms with Crippen LogP contribution in [0.4, 0.5) is 18.9 Å². The quantitative estimate of drug-likeness (QED) is 0.660. The Morgan fingerprint density at radius 3 is 2.68 bits per heavy atom. The van der Waals surface area contributed by atoms with Gasteiger partial charge in [0, 0.05) is 6.54 Å². The number of alkyl halides is 3. The summed E-state index contributed by atoms with van der Waals surface area (Å²) in [5.41, 5.74) is -1.26. The molecule has 0 bridgehead atoms. The van der Waals surface area contributed by atoms with E-state index in [1.807, 2.05) is 11.8 Å². The van der Waals surface area contributed by atoms with Crippen molar-refractivity contribution in [2.75, 3.05) is 24.6 Å². The van der Waals surface area contributed by atoms with Gasteiger partial charge in [-0.3, -0.25) is 0 Å². The van der Waals surface area contributed by atoms with Gasteiger partial charge in [-0.05, 0) is 30.5 Å². The molecule has 0 N–H and O–H groups in total. The Balaban J connectivity index is 0.00000176. The zero-order valence-corrected chi connectivity index (χ0v) is 12.2. The summed E-state index contributed by atoms with van der Waals surface area (Å²) < 4.78 is 44.8. The fourth-order valence-corrected chi connectivity index (χ4v) is 2.53. The van der Waals surface area contributed by atoms with Crippen LogP contribution in [0.25, 0.3) is 10.9 Å². The number of anilines is 1. The Morgan fingerprint density at radius 2 is 2.05 bits per heavy atom. The van der Waals surface area contributed by atoms with Crippen molar-refractivity contribution in [3.63, 3.8) is 0 Å². The molecular weight excluding hydrogens is 292 g/mol. The number of halogens is 3. The van der Waals surface area contributed by atoms with Gasteiger partial charge in [0.1, 0.15) is 12.4 Å². The summed E-state index contributed by atoms with van der Waals surface area (Å²) in [4.78, 5) is 17.0. The third kappa shape index (κ3) is 2.83. The molecule has 4 nitrogen and oxygen atoms in total. The van der Waals surface area contributed by atoms with E-state index in [0.29, 0.717) is 37.2 Å². The number of aromatic nitrogens is 1. The van der Waals surface area contributed by atoms with Crippen LogP contribution >= 0.6 is 0 Å². The third-order valence-electron chi connectivity index (χ3n) is 3.51. The van der Waals surface area contributed by atoms with E-state index in [0.717, 1.165) is 0 Å². The second-order valence-corrected chi connectivity index (χ2v) is 4.77. The minimum Gasteiger partial charge on any atom is -0.623 e. The van der Waals surface area contributed by atoms with Crippen molar-refractivity contribution in [2.45, 2.75) is 13.1 Å². The van der Waals surface area contributed by atoms with E-state index in [1.54, 1.807) is 0 Å². The second-order valence-electron chi connectivity index (χ2n) is 4.77. The van der Waals surface area contributed by atoms with E-state index in [4.69, 9.17) is 4.74 Å². The van der Waals surface area contributed by atoms with Gasteiger partial charge >= 0.3 is 25.0 Å². The first-order valence-corrected chi connectivity index (χ1v) is 6.51. The maximum Gasteiger partial charge on any atom is 1.00 e. The smallest absolute Gasteiger partial charge is 0.623 e. The molecule has 22 heavy (non-hydrogen) atoms. The SMILES string of the molecule is CCN1CCOc2cc3[n-]c(=O)cc(C(F)(F)F)c3cc21.[Li+]. The second kappa shape index (κ2) is 5.90. The first-order valence-electron chi connectivity index (χ1n) is 6.51. The summed E-state index contributed by atoms with van der Waals surface area (Å²) in [7, 11) is 0. The Bertz CT molecular complexity index is 758. The number of nitrogens with zero attached hydrogens (tertiary/aromatic N) is 2. The first-order chi connectivity index (χ1) is 9.90. The topological polar surface area (TPSA) is 43.6 Å². The van der Waals surface area contributed by atoms with Crippen LogP contribution in [-0.4, -0.2) is 19.7 Å². The molecule has 0 aliphatic carbocycles. The van der Waals surface area contributed by atoms with Crippen LogP contribution in [0.2, 0.25) is 0 Å². The minimum absolute atomic E-state index is 0. The van der Waals surface area contributed by atoms with Crippen LogP contribution in [-0.2, 0) is 6.18 Å². The van der Waals surface area contributed by atoms with Crippen molar-refractivity contribution in [1.82, 2.24) is 4.98 Å². The molecule has 2 aromatic rings.